The number of anilines is 1. The number of pyridine rings is 1. The topological polar surface area (TPSA) is 41.3 Å². The van der Waals surface area contributed by atoms with Gasteiger partial charge >= 0.3 is 0 Å². The Kier molecular flexibility index (Phi) is 6.40. The molecule has 3 heterocycles. The van der Waals surface area contributed by atoms with Gasteiger partial charge in [-0.3, -0.25) is 4.57 Å². The van der Waals surface area contributed by atoms with E-state index in [1.807, 2.05) is 0 Å². The fourth-order valence-electron chi connectivity index (χ4n) is 4.34. The van der Waals surface area contributed by atoms with Gasteiger partial charge in [0.05, 0.1) is 5.69 Å². The molecule has 1 N–H and O–H groups in total. The standard InChI is InChI=1S/C22H24Br3N3O/c1-13-12-28(21-17(24)10-16(23)11-18(21)25)22-20(13)19(9-14(2)26-22)27-6-3-15(4-7-27)5-8-29/h9-12,15,29H,3-8H2,1-2H3. The van der Waals surface area contributed by atoms with Crippen LogP contribution in [0.1, 0.15) is 30.5 Å². The number of hydrogen-bond acceptors (Lipinski definition) is 3. The molecule has 0 amide bonds. The van der Waals surface area contributed by atoms with Gasteiger partial charge in [0.25, 0.3) is 0 Å². The molecule has 154 valence electrons. The van der Waals surface area contributed by atoms with Gasteiger partial charge in [0.1, 0.15) is 5.65 Å². The maximum atomic E-state index is 9.25. The Balaban J connectivity index is 1.82. The summed E-state index contributed by atoms with van der Waals surface area (Å²) in [4.78, 5) is 7.42. The number of benzene rings is 1. The summed E-state index contributed by atoms with van der Waals surface area (Å²) in [6, 6.07) is 6.34. The van der Waals surface area contributed by atoms with Crippen LogP contribution in [0.5, 0.6) is 0 Å². The zero-order chi connectivity index (χ0) is 20.7. The van der Waals surface area contributed by atoms with E-state index in [0.717, 1.165) is 62.8 Å². The normalized spacial score (nSPS) is 15.4. The second-order valence-corrected chi connectivity index (χ2v) is 10.4. The van der Waals surface area contributed by atoms with Gasteiger partial charge in [0.15, 0.2) is 0 Å². The summed E-state index contributed by atoms with van der Waals surface area (Å²) < 4.78 is 5.21. The molecular weight excluding hydrogens is 562 g/mol. The van der Waals surface area contributed by atoms with E-state index in [2.05, 4.69) is 95.5 Å². The summed E-state index contributed by atoms with van der Waals surface area (Å²) in [6.07, 6.45) is 5.36. The lowest BCUT2D eigenvalue weighted by Gasteiger charge is -2.34. The van der Waals surface area contributed by atoms with Crippen molar-refractivity contribution in [1.82, 2.24) is 9.55 Å². The Morgan fingerprint density at radius 1 is 1.07 bits per heavy atom. The zero-order valence-corrected chi connectivity index (χ0v) is 21.3. The molecule has 7 heteroatoms. The van der Waals surface area contributed by atoms with E-state index < -0.39 is 0 Å². The maximum Gasteiger partial charge on any atom is 0.147 e. The first-order valence-corrected chi connectivity index (χ1v) is 12.3. The van der Waals surface area contributed by atoms with Gasteiger partial charge in [0, 0.05) is 56.1 Å². The van der Waals surface area contributed by atoms with Crippen LogP contribution in [-0.4, -0.2) is 34.4 Å². The number of rotatable bonds is 4. The van der Waals surface area contributed by atoms with Crippen molar-refractivity contribution in [2.75, 3.05) is 24.6 Å². The third-order valence-electron chi connectivity index (χ3n) is 5.77. The molecule has 0 saturated carbocycles. The lowest BCUT2D eigenvalue weighted by atomic mass is 9.93. The minimum absolute atomic E-state index is 0.294. The summed E-state index contributed by atoms with van der Waals surface area (Å²) in [5.74, 6) is 0.634. The number of aryl methyl sites for hydroxylation is 2. The lowest BCUT2D eigenvalue weighted by Crippen LogP contribution is -2.34. The number of piperidine rings is 1. The number of aliphatic hydroxyl groups excluding tert-OH is 1. The van der Waals surface area contributed by atoms with Crippen molar-refractivity contribution < 1.29 is 5.11 Å². The largest absolute Gasteiger partial charge is 0.396 e. The average Bonchev–Trinajstić information content (AvgIpc) is 2.97. The molecule has 2 aromatic heterocycles. The van der Waals surface area contributed by atoms with Gasteiger partial charge in [-0.25, -0.2) is 4.98 Å². The highest BCUT2D eigenvalue weighted by Gasteiger charge is 2.24. The smallest absolute Gasteiger partial charge is 0.147 e. The van der Waals surface area contributed by atoms with Crippen LogP contribution in [-0.2, 0) is 0 Å². The van der Waals surface area contributed by atoms with E-state index in [1.165, 1.54) is 16.6 Å². The molecule has 0 aliphatic carbocycles. The number of hydrogen-bond donors (Lipinski definition) is 1. The number of aromatic nitrogens is 2. The average molecular weight is 586 g/mol. The van der Waals surface area contributed by atoms with Crippen LogP contribution < -0.4 is 4.90 Å². The number of halogens is 3. The van der Waals surface area contributed by atoms with Crippen molar-refractivity contribution in [1.29, 1.82) is 0 Å². The van der Waals surface area contributed by atoms with E-state index in [0.29, 0.717) is 12.5 Å². The molecule has 1 aromatic carbocycles. The Morgan fingerprint density at radius 2 is 1.72 bits per heavy atom. The summed E-state index contributed by atoms with van der Waals surface area (Å²) >= 11 is 11.0. The number of aliphatic hydroxyl groups is 1. The molecule has 0 unspecified atom stereocenters. The monoisotopic (exact) mass is 583 g/mol. The van der Waals surface area contributed by atoms with Gasteiger partial charge in [-0.15, -0.1) is 0 Å². The Morgan fingerprint density at radius 3 is 2.34 bits per heavy atom. The van der Waals surface area contributed by atoms with Gasteiger partial charge in [-0.2, -0.15) is 0 Å². The predicted octanol–water partition coefficient (Wildman–Crippen LogP) is 6.53. The van der Waals surface area contributed by atoms with Crippen molar-refractivity contribution in [3.8, 4) is 5.69 Å². The SMILES string of the molecule is Cc1cc(N2CCC(CCO)CC2)c2c(C)cn(-c3c(Br)cc(Br)cc3Br)c2n1. The highest BCUT2D eigenvalue weighted by molar-refractivity contribution is 9.11. The molecule has 4 rings (SSSR count). The molecule has 29 heavy (non-hydrogen) atoms. The first-order valence-electron chi connectivity index (χ1n) is 9.89. The summed E-state index contributed by atoms with van der Waals surface area (Å²) in [5, 5.41) is 10.5. The third-order valence-corrected chi connectivity index (χ3v) is 7.43. The van der Waals surface area contributed by atoms with Crippen LogP contribution in [0.15, 0.2) is 37.8 Å². The third kappa shape index (κ3) is 4.16. The molecule has 0 bridgehead atoms. The Hall–Kier alpha value is -0.890. The van der Waals surface area contributed by atoms with Crippen molar-refractivity contribution in [3.63, 3.8) is 0 Å². The molecule has 0 spiro atoms. The molecule has 0 radical (unpaired) electrons. The summed E-state index contributed by atoms with van der Waals surface area (Å²) in [5.41, 5.74) is 5.56. The van der Waals surface area contributed by atoms with Crippen LogP contribution in [0.25, 0.3) is 16.7 Å². The predicted molar refractivity (Wildman–Crippen MR) is 130 cm³/mol. The van der Waals surface area contributed by atoms with E-state index in [9.17, 15) is 5.11 Å². The Bertz CT molecular complexity index is 1030. The molecule has 1 aliphatic rings. The van der Waals surface area contributed by atoms with Crippen LogP contribution >= 0.6 is 47.8 Å². The van der Waals surface area contributed by atoms with Crippen LogP contribution in [0, 0.1) is 19.8 Å². The van der Waals surface area contributed by atoms with E-state index >= 15 is 0 Å². The van der Waals surface area contributed by atoms with Crippen molar-refractivity contribution >= 4 is 64.5 Å². The molecule has 1 fully saturated rings. The molecule has 3 aromatic rings. The molecule has 1 saturated heterocycles. The molecular formula is C22H24Br3N3O. The number of fused-ring (bicyclic) bond motifs is 1. The molecule has 4 nitrogen and oxygen atoms in total. The van der Waals surface area contributed by atoms with Crippen LogP contribution in [0.4, 0.5) is 5.69 Å². The lowest BCUT2D eigenvalue weighted by molar-refractivity contribution is 0.240. The zero-order valence-electron chi connectivity index (χ0n) is 16.6. The fourth-order valence-corrected chi connectivity index (χ4v) is 6.98. The summed E-state index contributed by atoms with van der Waals surface area (Å²) in [6.45, 7) is 6.58. The van der Waals surface area contributed by atoms with Crippen LogP contribution in [0.2, 0.25) is 0 Å². The van der Waals surface area contributed by atoms with Crippen LogP contribution in [0.3, 0.4) is 0 Å². The minimum atomic E-state index is 0.294. The van der Waals surface area contributed by atoms with Crippen molar-refractivity contribution in [2.24, 2.45) is 5.92 Å². The van der Waals surface area contributed by atoms with Crippen molar-refractivity contribution in [3.05, 3.63) is 49.1 Å². The second kappa shape index (κ2) is 8.69. The highest BCUT2D eigenvalue weighted by Crippen LogP contribution is 2.39. The van der Waals surface area contributed by atoms with Gasteiger partial charge in [-0.05, 0) is 94.7 Å². The van der Waals surface area contributed by atoms with Gasteiger partial charge in [0.2, 0.25) is 0 Å². The second-order valence-electron chi connectivity index (χ2n) is 7.82. The minimum Gasteiger partial charge on any atom is -0.396 e. The van der Waals surface area contributed by atoms with Gasteiger partial charge < -0.3 is 10.0 Å². The van der Waals surface area contributed by atoms with Gasteiger partial charge in [-0.1, -0.05) is 15.9 Å². The quantitative estimate of drug-likeness (QED) is 0.379. The van der Waals surface area contributed by atoms with E-state index in [4.69, 9.17) is 4.98 Å². The number of nitrogens with zero attached hydrogens (tertiary/aromatic N) is 3. The molecule has 0 atom stereocenters. The maximum absolute atomic E-state index is 9.25. The fraction of sp³-hybridized carbons (Fsp3) is 0.409. The first-order chi connectivity index (χ1) is 13.9. The molecule has 1 aliphatic heterocycles. The van der Waals surface area contributed by atoms with Crippen molar-refractivity contribution in [2.45, 2.75) is 33.1 Å². The highest BCUT2D eigenvalue weighted by atomic mass is 79.9. The van der Waals surface area contributed by atoms with E-state index in [-0.39, 0.29) is 0 Å². The van der Waals surface area contributed by atoms with E-state index in [1.54, 1.807) is 0 Å². The first kappa shape index (κ1) is 21.3. The summed E-state index contributed by atoms with van der Waals surface area (Å²) in [7, 11) is 0. The Labute approximate surface area is 196 Å².